The average Bonchev–Trinajstić information content (AvgIpc) is 3.22. The molecule has 0 aromatic heterocycles. The number of hydrogen-bond acceptors (Lipinski definition) is 16. The van der Waals surface area contributed by atoms with Crippen LogP contribution in [0, 0.1) is 23.7 Å². The summed E-state index contributed by atoms with van der Waals surface area (Å²) in [5, 5.41) is 50.4. The third kappa shape index (κ3) is 11.9. The first-order chi connectivity index (χ1) is 28.5. The molecule has 18 atom stereocenters. The topological polar surface area (TPSA) is 204 Å². The Balaban J connectivity index is 1.90. The minimum absolute atomic E-state index is 0.0105. The van der Waals surface area contributed by atoms with Crippen molar-refractivity contribution in [1.82, 2.24) is 4.90 Å². The van der Waals surface area contributed by atoms with Crippen LogP contribution in [-0.4, -0.2) is 155 Å². The predicted octanol–water partition coefficient (Wildman–Crippen LogP) is 3.87. The fraction of sp³-hybridized carbons (Fsp3) is 0.800. The van der Waals surface area contributed by atoms with Crippen molar-refractivity contribution in [3.63, 3.8) is 0 Å². The summed E-state index contributed by atoms with van der Waals surface area (Å²) in [4.78, 5) is 36.2. The predicted molar refractivity (Wildman–Crippen MR) is 226 cm³/mol. The zero-order chi connectivity index (χ0) is 45.6. The van der Waals surface area contributed by atoms with Crippen molar-refractivity contribution in [1.29, 1.82) is 0 Å². The molecule has 4 N–H and O–H groups in total. The second-order valence-electron chi connectivity index (χ2n) is 18.4. The first kappa shape index (κ1) is 51.0. The first-order valence-corrected chi connectivity index (χ1v) is 21.7. The van der Waals surface area contributed by atoms with Gasteiger partial charge in [-0.3, -0.25) is 9.59 Å². The Labute approximate surface area is 362 Å². The van der Waals surface area contributed by atoms with Crippen LogP contribution in [0.3, 0.4) is 0 Å². The van der Waals surface area contributed by atoms with Crippen molar-refractivity contribution in [3.8, 4) is 5.75 Å². The number of likely N-dealkylation sites (N-methyl/N-ethyl adjacent to an activating group) is 1. The van der Waals surface area contributed by atoms with Crippen LogP contribution < -0.4 is 4.84 Å². The number of benzene rings is 1. The third-order valence-electron chi connectivity index (χ3n) is 13.3. The third-order valence-corrected chi connectivity index (χ3v) is 13.3. The van der Waals surface area contributed by atoms with Gasteiger partial charge in [0, 0.05) is 37.3 Å². The van der Waals surface area contributed by atoms with Gasteiger partial charge in [0.1, 0.15) is 29.7 Å². The molecule has 3 saturated heterocycles. The Morgan fingerprint density at radius 1 is 0.902 bits per heavy atom. The number of carbonyl (C=O) groups excluding carboxylic acids is 2. The van der Waals surface area contributed by atoms with Crippen LogP contribution in [0.15, 0.2) is 35.5 Å². The molecule has 348 valence electrons. The molecular weight excluding hydrogens is 792 g/mol. The van der Waals surface area contributed by atoms with E-state index in [1.807, 2.05) is 51.0 Å². The smallest absolute Gasteiger partial charge is 0.311 e. The van der Waals surface area contributed by atoms with Crippen LogP contribution >= 0.6 is 0 Å². The van der Waals surface area contributed by atoms with Gasteiger partial charge in [0.25, 0.3) is 0 Å². The van der Waals surface area contributed by atoms with E-state index in [9.17, 15) is 30.0 Å². The maximum atomic E-state index is 14.4. The highest BCUT2D eigenvalue weighted by molar-refractivity contribution is 5.83. The SMILES string of the molecule is CCC1OC(=O)[C@H](C)C(O[C@H]2C[C@@](C)(OC)[C@@H](O)[C@H](C)O2)[C@H](C)[C@@H](O[C@@H]2O[C@H](C)C[C@H](N(C)C)[C@H]2O)[C@](C)(OC/C=N/Oc2ccccc2)C[C@@H](C)C(=O)[C@H](C)[C@@H](O)[C@]1(C)O. The number of oxime groups is 1. The Bertz CT molecular complexity index is 1580. The molecule has 0 saturated carbocycles. The van der Waals surface area contributed by atoms with E-state index in [1.165, 1.54) is 27.2 Å². The summed E-state index contributed by atoms with van der Waals surface area (Å²) in [7, 11) is 5.23. The number of aliphatic hydroxyl groups excluding tert-OH is 3. The fourth-order valence-electron chi connectivity index (χ4n) is 9.36. The molecule has 0 radical (unpaired) electrons. The lowest BCUT2D eigenvalue weighted by molar-refractivity contribution is -0.320. The van der Waals surface area contributed by atoms with Crippen molar-refractivity contribution in [2.45, 2.75) is 179 Å². The van der Waals surface area contributed by atoms with Gasteiger partial charge in [-0.05, 0) is 87.0 Å². The molecule has 16 nitrogen and oxygen atoms in total. The van der Waals surface area contributed by atoms with Gasteiger partial charge >= 0.3 is 5.97 Å². The lowest BCUT2D eigenvalue weighted by atomic mass is 9.73. The minimum atomic E-state index is -2.02. The van der Waals surface area contributed by atoms with Crippen molar-refractivity contribution in [2.75, 3.05) is 27.8 Å². The molecular formula is C45H74N2O14. The van der Waals surface area contributed by atoms with E-state index >= 15 is 0 Å². The summed E-state index contributed by atoms with van der Waals surface area (Å²) in [6.45, 7) is 16.8. The van der Waals surface area contributed by atoms with E-state index in [2.05, 4.69) is 5.16 Å². The highest BCUT2D eigenvalue weighted by atomic mass is 16.7. The van der Waals surface area contributed by atoms with E-state index in [1.54, 1.807) is 53.7 Å². The van der Waals surface area contributed by atoms with E-state index < -0.39 is 102 Å². The van der Waals surface area contributed by atoms with Crippen LogP contribution in [0.25, 0.3) is 0 Å². The molecule has 3 fully saturated rings. The monoisotopic (exact) mass is 867 g/mol. The summed E-state index contributed by atoms with van der Waals surface area (Å²) in [5.74, 6) is -4.37. The molecule has 4 rings (SSSR count). The molecule has 3 aliphatic heterocycles. The highest BCUT2D eigenvalue weighted by Gasteiger charge is 2.54. The number of para-hydroxylation sites is 1. The van der Waals surface area contributed by atoms with Gasteiger partial charge in [-0.1, -0.05) is 51.0 Å². The summed E-state index contributed by atoms with van der Waals surface area (Å²) < 4.78 is 44.9. The summed E-state index contributed by atoms with van der Waals surface area (Å²) in [6.07, 6.45) is -8.13. The number of Topliss-reactive ketones (excluding diaryl/α,β-unsaturated/α-hetero) is 1. The van der Waals surface area contributed by atoms with Gasteiger partial charge in [0.15, 0.2) is 18.3 Å². The van der Waals surface area contributed by atoms with Gasteiger partial charge in [-0.25, -0.2) is 0 Å². The van der Waals surface area contributed by atoms with E-state index in [-0.39, 0.29) is 43.8 Å². The van der Waals surface area contributed by atoms with E-state index in [0.717, 1.165) is 0 Å². The fourth-order valence-corrected chi connectivity index (χ4v) is 9.36. The molecule has 2 unspecified atom stereocenters. The standard InChI is InChI=1S/C45H74N2O14/c1-14-33-45(10,53)38(50)27(4)35(48)25(2)23-44(9,55-21-20-46-61-31-18-16-15-17-19-31)40(60-42-36(49)32(47(11)12)22-26(3)56-42)28(5)37(29(6)41(52)58-33)59-34-24-43(8,54-13)39(51)30(7)57-34/h15-20,25-30,32-34,36-40,42,49-51,53H,14,21-24H2,1-13H3/b46-20+/t25-,26-,27+,28+,29-,30+,32+,33?,34+,36-,37?,38-,39+,40-,42+,43-,44-,45-/m1/s1. The normalized spacial score (nSPS) is 43.5. The molecule has 61 heavy (non-hydrogen) atoms. The highest BCUT2D eigenvalue weighted by Crippen LogP contribution is 2.42. The number of ether oxygens (including phenoxy) is 7. The lowest BCUT2D eigenvalue weighted by Gasteiger charge is -2.50. The second-order valence-corrected chi connectivity index (χ2v) is 18.4. The molecule has 1 aromatic rings. The van der Waals surface area contributed by atoms with Crippen LogP contribution in [0.5, 0.6) is 5.75 Å². The second kappa shape index (κ2) is 21.4. The Hall–Kier alpha value is -2.61. The Morgan fingerprint density at radius 3 is 2.16 bits per heavy atom. The quantitative estimate of drug-likeness (QED) is 0.134. The number of hydrogen-bond donors (Lipinski definition) is 4. The molecule has 0 amide bonds. The van der Waals surface area contributed by atoms with Crippen molar-refractivity contribution in [2.24, 2.45) is 28.8 Å². The van der Waals surface area contributed by atoms with Crippen molar-refractivity contribution >= 4 is 18.0 Å². The van der Waals surface area contributed by atoms with Crippen molar-refractivity contribution < 1.29 is 68.0 Å². The summed E-state index contributed by atoms with van der Waals surface area (Å²) in [6, 6.07) is 8.65. The number of nitrogens with zero attached hydrogens (tertiary/aromatic N) is 2. The van der Waals surface area contributed by atoms with Gasteiger partial charge in [0.05, 0.1) is 60.5 Å². The van der Waals surface area contributed by atoms with Crippen LogP contribution in [0.4, 0.5) is 0 Å². The minimum Gasteiger partial charge on any atom is -0.459 e. The molecule has 3 aliphatic rings. The summed E-state index contributed by atoms with van der Waals surface area (Å²) in [5.41, 5.74) is -4.52. The Kier molecular flexibility index (Phi) is 17.9. The van der Waals surface area contributed by atoms with E-state index in [4.69, 9.17) is 38.0 Å². The number of ketones is 1. The maximum Gasteiger partial charge on any atom is 0.311 e. The van der Waals surface area contributed by atoms with Crippen LogP contribution in [0.1, 0.15) is 94.9 Å². The van der Waals surface area contributed by atoms with E-state index in [0.29, 0.717) is 12.2 Å². The molecule has 0 aliphatic carbocycles. The van der Waals surface area contributed by atoms with Gasteiger partial charge < -0.3 is 63.3 Å². The number of cyclic esters (lactones) is 1. The maximum absolute atomic E-state index is 14.4. The van der Waals surface area contributed by atoms with Gasteiger partial charge in [-0.2, -0.15) is 0 Å². The summed E-state index contributed by atoms with van der Waals surface area (Å²) >= 11 is 0. The van der Waals surface area contributed by atoms with Gasteiger partial charge in [-0.15, -0.1) is 0 Å². The average molecular weight is 867 g/mol. The van der Waals surface area contributed by atoms with Crippen LogP contribution in [-0.2, 0) is 42.7 Å². The zero-order valence-electron chi connectivity index (χ0n) is 38.4. The molecule has 3 heterocycles. The number of methoxy groups -OCH3 is 1. The first-order valence-electron chi connectivity index (χ1n) is 21.7. The molecule has 16 heteroatoms. The zero-order valence-corrected chi connectivity index (χ0v) is 38.4. The molecule has 0 bridgehead atoms. The number of rotatable bonds is 12. The number of carbonyl (C=O) groups is 2. The largest absolute Gasteiger partial charge is 0.459 e. The van der Waals surface area contributed by atoms with Crippen molar-refractivity contribution in [3.05, 3.63) is 30.3 Å². The Morgan fingerprint density at radius 2 is 1.56 bits per heavy atom. The molecule has 0 spiro atoms. The van der Waals surface area contributed by atoms with Gasteiger partial charge in [0.2, 0.25) is 0 Å². The number of aliphatic hydroxyl groups is 4. The number of esters is 1. The van der Waals surface area contributed by atoms with Crippen LogP contribution in [0.2, 0.25) is 0 Å². The lowest BCUT2D eigenvalue weighted by Crippen LogP contribution is -2.61. The molecule has 1 aromatic carbocycles.